The van der Waals surface area contributed by atoms with Crippen LogP contribution in [0.2, 0.25) is 0 Å². The van der Waals surface area contributed by atoms with Crippen LogP contribution in [0.4, 0.5) is 11.4 Å². The summed E-state index contributed by atoms with van der Waals surface area (Å²) in [5.41, 5.74) is 9.18. The highest BCUT2D eigenvalue weighted by Crippen LogP contribution is 2.20. The lowest BCUT2D eigenvalue weighted by Gasteiger charge is -2.16. The molecule has 90 valence electrons. The molecule has 0 radical (unpaired) electrons. The van der Waals surface area contributed by atoms with Gasteiger partial charge in [-0.1, -0.05) is 18.2 Å². The van der Waals surface area contributed by atoms with Gasteiger partial charge in [0.25, 0.3) is 0 Å². The number of nitrogens with zero attached hydrogens (tertiary/aromatic N) is 1. The molecule has 18 heavy (non-hydrogen) atoms. The second-order valence-corrected chi connectivity index (χ2v) is 4.23. The number of nitrogens with one attached hydrogen (secondary N) is 1. The highest BCUT2D eigenvalue weighted by atomic mass is 14.9. The van der Waals surface area contributed by atoms with E-state index in [1.165, 1.54) is 0 Å². The lowest BCUT2D eigenvalue weighted by Crippen LogP contribution is -2.06. The molecule has 0 aliphatic heterocycles. The van der Waals surface area contributed by atoms with Gasteiger partial charge in [-0.15, -0.1) is 0 Å². The average molecular weight is 237 g/mol. The zero-order chi connectivity index (χ0) is 13.0. The smallest absolute Gasteiger partial charge is 0.0992 e. The first-order chi connectivity index (χ1) is 8.69. The highest BCUT2D eigenvalue weighted by molar-refractivity contribution is 5.51. The third-order valence-electron chi connectivity index (χ3n) is 2.81. The van der Waals surface area contributed by atoms with Gasteiger partial charge in [0.05, 0.1) is 11.6 Å². The van der Waals surface area contributed by atoms with Crippen LogP contribution in [-0.2, 0) is 0 Å². The number of benzene rings is 2. The summed E-state index contributed by atoms with van der Waals surface area (Å²) < 4.78 is 0. The van der Waals surface area contributed by atoms with E-state index >= 15 is 0 Å². The molecule has 2 aromatic rings. The Morgan fingerprint density at radius 3 is 2.56 bits per heavy atom. The Morgan fingerprint density at radius 1 is 1.17 bits per heavy atom. The van der Waals surface area contributed by atoms with Crippen molar-refractivity contribution in [1.82, 2.24) is 0 Å². The summed E-state index contributed by atoms with van der Waals surface area (Å²) in [5.74, 6) is 0. The van der Waals surface area contributed by atoms with Crippen molar-refractivity contribution in [2.45, 2.75) is 13.0 Å². The minimum absolute atomic E-state index is 0.166. The maximum Gasteiger partial charge on any atom is 0.0992 e. The first kappa shape index (κ1) is 12.0. The van der Waals surface area contributed by atoms with E-state index in [1.807, 2.05) is 42.5 Å². The van der Waals surface area contributed by atoms with Crippen molar-refractivity contribution >= 4 is 11.4 Å². The SMILES string of the molecule is CC(Nc1cccc(C#N)c1)c1ccc(N)cc1. The van der Waals surface area contributed by atoms with Gasteiger partial charge >= 0.3 is 0 Å². The van der Waals surface area contributed by atoms with Crippen molar-refractivity contribution in [2.24, 2.45) is 0 Å². The first-order valence-electron chi connectivity index (χ1n) is 5.81. The van der Waals surface area contributed by atoms with Crippen LogP contribution in [0.3, 0.4) is 0 Å². The second-order valence-electron chi connectivity index (χ2n) is 4.23. The monoisotopic (exact) mass is 237 g/mol. The van der Waals surface area contributed by atoms with Gasteiger partial charge in [-0.2, -0.15) is 5.26 Å². The summed E-state index contributed by atoms with van der Waals surface area (Å²) in [6.45, 7) is 2.07. The van der Waals surface area contributed by atoms with E-state index in [2.05, 4.69) is 18.3 Å². The lowest BCUT2D eigenvalue weighted by molar-refractivity contribution is 0.885. The molecule has 0 aliphatic carbocycles. The van der Waals surface area contributed by atoms with Crippen LogP contribution in [0.5, 0.6) is 0 Å². The largest absolute Gasteiger partial charge is 0.399 e. The number of nitrogen functional groups attached to an aromatic ring is 1. The second kappa shape index (κ2) is 5.24. The molecule has 1 unspecified atom stereocenters. The van der Waals surface area contributed by atoms with Crippen LogP contribution in [0.1, 0.15) is 24.1 Å². The van der Waals surface area contributed by atoms with Crippen LogP contribution in [-0.4, -0.2) is 0 Å². The molecule has 3 nitrogen and oxygen atoms in total. The summed E-state index contributed by atoms with van der Waals surface area (Å²) in [5, 5.41) is 12.2. The van der Waals surface area contributed by atoms with Crippen LogP contribution in [0, 0.1) is 11.3 Å². The topological polar surface area (TPSA) is 61.8 Å². The van der Waals surface area contributed by atoms with E-state index in [-0.39, 0.29) is 6.04 Å². The van der Waals surface area contributed by atoms with Crippen molar-refractivity contribution in [1.29, 1.82) is 5.26 Å². The minimum atomic E-state index is 0.166. The van der Waals surface area contributed by atoms with Crippen LogP contribution < -0.4 is 11.1 Å². The standard InChI is InChI=1S/C15H15N3/c1-11(13-5-7-14(17)8-6-13)18-15-4-2-3-12(9-15)10-16/h2-9,11,18H,17H2,1H3. The summed E-state index contributed by atoms with van der Waals surface area (Å²) in [6, 6.07) is 17.5. The average Bonchev–Trinajstić information content (AvgIpc) is 2.39. The molecule has 0 aliphatic rings. The molecule has 0 saturated carbocycles. The molecular weight excluding hydrogens is 222 g/mol. The van der Waals surface area contributed by atoms with E-state index in [0.29, 0.717) is 5.56 Å². The Bertz CT molecular complexity index is 567. The third kappa shape index (κ3) is 2.80. The maximum absolute atomic E-state index is 8.85. The molecule has 2 rings (SSSR count). The van der Waals surface area contributed by atoms with E-state index in [0.717, 1.165) is 16.9 Å². The summed E-state index contributed by atoms with van der Waals surface area (Å²) in [4.78, 5) is 0. The molecule has 0 aromatic heterocycles. The summed E-state index contributed by atoms with van der Waals surface area (Å²) in [6.07, 6.45) is 0. The Morgan fingerprint density at radius 2 is 1.89 bits per heavy atom. The zero-order valence-corrected chi connectivity index (χ0v) is 10.2. The van der Waals surface area contributed by atoms with Gasteiger partial charge in [0.1, 0.15) is 0 Å². The fourth-order valence-corrected chi connectivity index (χ4v) is 1.80. The molecule has 2 aromatic carbocycles. The fourth-order valence-electron chi connectivity index (χ4n) is 1.80. The normalized spacial score (nSPS) is 11.6. The Kier molecular flexibility index (Phi) is 3.49. The van der Waals surface area contributed by atoms with Gasteiger partial charge in [-0.25, -0.2) is 0 Å². The van der Waals surface area contributed by atoms with Gasteiger partial charge in [0.15, 0.2) is 0 Å². The van der Waals surface area contributed by atoms with E-state index in [4.69, 9.17) is 11.0 Å². The van der Waals surface area contributed by atoms with Gasteiger partial charge < -0.3 is 11.1 Å². The van der Waals surface area contributed by atoms with Gasteiger partial charge in [-0.05, 0) is 42.8 Å². The molecular formula is C15H15N3. The van der Waals surface area contributed by atoms with E-state index in [1.54, 1.807) is 6.07 Å². The first-order valence-corrected chi connectivity index (χ1v) is 5.81. The van der Waals surface area contributed by atoms with Gasteiger partial charge in [-0.3, -0.25) is 0 Å². The summed E-state index contributed by atoms with van der Waals surface area (Å²) >= 11 is 0. The van der Waals surface area contributed by atoms with Crippen molar-refractivity contribution in [2.75, 3.05) is 11.1 Å². The summed E-state index contributed by atoms with van der Waals surface area (Å²) in [7, 11) is 0. The molecule has 0 fully saturated rings. The highest BCUT2D eigenvalue weighted by Gasteiger charge is 2.05. The molecule has 0 heterocycles. The lowest BCUT2D eigenvalue weighted by atomic mass is 10.1. The zero-order valence-electron chi connectivity index (χ0n) is 10.2. The van der Waals surface area contributed by atoms with Crippen LogP contribution in [0.15, 0.2) is 48.5 Å². The van der Waals surface area contributed by atoms with Crippen LogP contribution in [0.25, 0.3) is 0 Å². The van der Waals surface area contributed by atoms with Gasteiger partial charge in [0, 0.05) is 17.4 Å². The number of nitriles is 1. The molecule has 0 bridgehead atoms. The van der Waals surface area contributed by atoms with E-state index in [9.17, 15) is 0 Å². The van der Waals surface area contributed by atoms with Crippen molar-refractivity contribution in [3.63, 3.8) is 0 Å². The molecule has 0 spiro atoms. The number of rotatable bonds is 3. The molecule has 0 amide bonds. The van der Waals surface area contributed by atoms with Crippen LogP contribution >= 0.6 is 0 Å². The quantitative estimate of drug-likeness (QED) is 0.805. The third-order valence-corrected chi connectivity index (χ3v) is 2.81. The van der Waals surface area contributed by atoms with Crippen molar-refractivity contribution in [3.05, 3.63) is 59.7 Å². The molecule has 1 atom stereocenters. The Balaban J connectivity index is 2.13. The molecule has 0 saturated heterocycles. The predicted molar refractivity (Wildman–Crippen MR) is 74.0 cm³/mol. The maximum atomic E-state index is 8.85. The van der Waals surface area contributed by atoms with E-state index < -0.39 is 0 Å². The predicted octanol–water partition coefficient (Wildman–Crippen LogP) is 3.31. The Hall–Kier alpha value is -2.47. The minimum Gasteiger partial charge on any atom is -0.399 e. The molecule has 3 N–H and O–H groups in total. The van der Waals surface area contributed by atoms with Gasteiger partial charge in [0.2, 0.25) is 0 Å². The number of anilines is 2. The fraction of sp³-hybridized carbons (Fsp3) is 0.133. The number of nitrogens with two attached hydrogens (primary N) is 1. The number of hydrogen-bond donors (Lipinski definition) is 2. The molecule has 3 heteroatoms. The Labute approximate surface area is 107 Å². The van der Waals surface area contributed by atoms with Crippen molar-refractivity contribution < 1.29 is 0 Å². The number of hydrogen-bond acceptors (Lipinski definition) is 3. The van der Waals surface area contributed by atoms with Crippen molar-refractivity contribution in [3.8, 4) is 6.07 Å².